The molecule has 1 atom stereocenters. The topological polar surface area (TPSA) is 95.0 Å². The highest BCUT2D eigenvalue weighted by atomic mass is 127. The molecule has 0 bridgehead atoms. The Morgan fingerprint density at radius 2 is 1.77 bits per heavy atom. The van der Waals surface area contributed by atoms with Gasteiger partial charge in [-0.2, -0.15) is 0 Å². The molecule has 0 radical (unpaired) electrons. The molecule has 0 saturated heterocycles. The summed E-state index contributed by atoms with van der Waals surface area (Å²) >= 11 is 0. The standard InChI is InChI=1S/C20H31F3N4O3.HI/c1-5-24-18(26-12-17(29)27-19(2,3)4)25-11-15(13-28)10-14-6-8-16(9-7-14)30-20(21,22)23;/h6-9,15,28H,5,10-13H2,1-4H3,(H,27,29)(H2,24,25,26);1H. The molecule has 0 aliphatic rings. The fourth-order valence-electron chi connectivity index (χ4n) is 2.55. The van der Waals surface area contributed by atoms with Crippen LogP contribution in [0.15, 0.2) is 29.3 Å². The van der Waals surface area contributed by atoms with Crippen LogP contribution in [0.25, 0.3) is 0 Å². The number of alkyl halides is 3. The van der Waals surface area contributed by atoms with Crippen LogP contribution in [0.4, 0.5) is 13.2 Å². The molecule has 0 aromatic heterocycles. The highest BCUT2D eigenvalue weighted by Gasteiger charge is 2.31. The predicted molar refractivity (Wildman–Crippen MR) is 125 cm³/mol. The fourth-order valence-corrected chi connectivity index (χ4v) is 2.55. The number of aliphatic hydroxyl groups excluding tert-OH is 1. The van der Waals surface area contributed by atoms with E-state index >= 15 is 0 Å². The van der Waals surface area contributed by atoms with E-state index in [0.717, 1.165) is 5.56 Å². The van der Waals surface area contributed by atoms with E-state index in [1.54, 1.807) is 0 Å². The van der Waals surface area contributed by atoms with Gasteiger partial charge in [0.15, 0.2) is 5.96 Å². The zero-order chi connectivity index (χ0) is 22.8. The molecule has 0 spiro atoms. The third-order valence-electron chi connectivity index (χ3n) is 3.74. The van der Waals surface area contributed by atoms with Crippen molar-refractivity contribution >= 4 is 35.8 Å². The molecule has 1 aromatic carbocycles. The number of hydrogen-bond acceptors (Lipinski definition) is 4. The Kier molecular flexibility index (Phi) is 12.8. The van der Waals surface area contributed by atoms with Crippen LogP contribution in [0.3, 0.4) is 0 Å². The van der Waals surface area contributed by atoms with Crippen LogP contribution in [-0.2, 0) is 11.2 Å². The van der Waals surface area contributed by atoms with Gasteiger partial charge in [0.1, 0.15) is 12.3 Å². The Hall–Kier alpha value is -1.76. The van der Waals surface area contributed by atoms with Gasteiger partial charge in [0.25, 0.3) is 0 Å². The second-order valence-electron chi connectivity index (χ2n) is 7.82. The largest absolute Gasteiger partial charge is 0.573 e. The number of nitrogens with one attached hydrogen (secondary N) is 3. The van der Waals surface area contributed by atoms with E-state index in [2.05, 4.69) is 25.7 Å². The van der Waals surface area contributed by atoms with Gasteiger partial charge in [0.05, 0.1) is 0 Å². The van der Waals surface area contributed by atoms with Crippen molar-refractivity contribution in [1.29, 1.82) is 0 Å². The summed E-state index contributed by atoms with van der Waals surface area (Å²) in [6, 6.07) is 5.54. The van der Waals surface area contributed by atoms with Crippen LogP contribution < -0.4 is 20.7 Å². The first kappa shape index (κ1) is 29.2. The predicted octanol–water partition coefficient (Wildman–Crippen LogP) is 2.82. The number of ether oxygens (including phenoxy) is 1. The summed E-state index contributed by atoms with van der Waals surface area (Å²) in [6.45, 7) is 8.32. The molecule has 1 unspecified atom stereocenters. The fraction of sp³-hybridized carbons (Fsp3) is 0.600. The van der Waals surface area contributed by atoms with E-state index in [0.29, 0.717) is 25.5 Å². The molecule has 1 aromatic rings. The monoisotopic (exact) mass is 560 g/mol. The molecule has 31 heavy (non-hydrogen) atoms. The lowest BCUT2D eigenvalue weighted by Crippen LogP contribution is -2.44. The van der Waals surface area contributed by atoms with E-state index in [-0.39, 0.29) is 60.2 Å². The van der Waals surface area contributed by atoms with Crippen molar-refractivity contribution in [2.45, 2.75) is 46.0 Å². The number of hydrogen-bond donors (Lipinski definition) is 4. The second kappa shape index (κ2) is 13.6. The number of aliphatic hydroxyl groups is 1. The molecule has 1 amide bonds. The zero-order valence-corrected chi connectivity index (χ0v) is 20.5. The maximum atomic E-state index is 12.2. The third-order valence-corrected chi connectivity index (χ3v) is 3.74. The van der Waals surface area contributed by atoms with Gasteiger partial charge >= 0.3 is 6.36 Å². The number of guanidine groups is 1. The Bertz CT molecular complexity index is 692. The van der Waals surface area contributed by atoms with Crippen molar-refractivity contribution < 1.29 is 27.8 Å². The number of nitrogens with zero attached hydrogens (tertiary/aromatic N) is 1. The first-order chi connectivity index (χ1) is 13.9. The lowest BCUT2D eigenvalue weighted by Gasteiger charge is -2.20. The summed E-state index contributed by atoms with van der Waals surface area (Å²) in [6.07, 6.45) is -4.29. The number of aliphatic imine (C=N–C) groups is 1. The van der Waals surface area contributed by atoms with Gasteiger partial charge in [0.2, 0.25) is 5.91 Å². The van der Waals surface area contributed by atoms with Crippen LogP contribution >= 0.6 is 24.0 Å². The summed E-state index contributed by atoms with van der Waals surface area (Å²) in [5, 5.41) is 18.6. The molecule has 0 saturated carbocycles. The molecule has 4 N–H and O–H groups in total. The molecule has 0 aliphatic heterocycles. The van der Waals surface area contributed by atoms with Gasteiger partial charge in [-0.25, -0.2) is 4.99 Å². The van der Waals surface area contributed by atoms with Crippen LogP contribution in [0.1, 0.15) is 33.3 Å². The number of rotatable bonds is 9. The Morgan fingerprint density at radius 3 is 2.26 bits per heavy atom. The summed E-state index contributed by atoms with van der Waals surface area (Å²) < 4.78 is 40.6. The molecule has 1 rings (SSSR count). The molecule has 0 heterocycles. The smallest absolute Gasteiger partial charge is 0.406 e. The molecule has 178 valence electrons. The number of amides is 1. The SMILES string of the molecule is CCNC(=NCC(=O)NC(C)(C)C)NCC(CO)Cc1ccc(OC(F)(F)F)cc1.I. The normalized spacial score (nSPS) is 13.1. The maximum absolute atomic E-state index is 12.2. The van der Waals surface area contributed by atoms with Crippen LogP contribution in [0.5, 0.6) is 5.75 Å². The van der Waals surface area contributed by atoms with Crippen LogP contribution in [-0.4, -0.2) is 55.1 Å². The van der Waals surface area contributed by atoms with Crippen molar-refractivity contribution in [2.24, 2.45) is 10.9 Å². The molecule has 0 aliphatic carbocycles. The van der Waals surface area contributed by atoms with E-state index in [1.165, 1.54) is 24.3 Å². The third kappa shape index (κ3) is 14.0. The summed E-state index contributed by atoms with van der Waals surface area (Å²) in [5.74, 6) is -0.264. The van der Waals surface area contributed by atoms with Gasteiger partial charge in [-0.05, 0) is 51.8 Å². The molecule has 7 nitrogen and oxygen atoms in total. The van der Waals surface area contributed by atoms with Crippen molar-refractivity contribution in [1.82, 2.24) is 16.0 Å². The van der Waals surface area contributed by atoms with Crippen LogP contribution in [0.2, 0.25) is 0 Å². The zero-order valence-electron chi connectivity index (χ0n) is 18.2. The van der Waals surface area contributed by atoms with Crippen LogP contribution in [0, 0.1) is 5.92 Å². The molecular weight excluding hydrogens is 528 g/mol. The first-order valence-corrected chi connectivity index (χ1v) is 9.70. The highest BCUT2D eigenvalue weighted by Crippen LogP contribution is 2.23. The second-order valence-corrected chi connectivity index (χ2v) is 7.82. The molecular formula is C20H32F3IN4O3. The summed E-state index contributed by atoms with van der Waals surface area (Å²) in [7, 11) is 0. The summed E-state index contributed by atoms with van der Waals surface area (Å²) in [5.41, 5.74) is 0.415. The lowest BCUT2D eigenvalue weighted by atomic mass is 10.00. The Morgan fingerprint density at radius 1 is 1.16 bits per heavy atom. The Labute approximate surface area is 198 Å². The minimum Gasteiger partial charge on any atom is -0.406 e. The van der Waals surface area contributed by atoms with Crippen molar-refractivity contribution in [3.05, 3.63) is 29.8 Å². The lowest BCUT2D eigenvalue weighted by molar-refractivity contribution is -0.274. The van der Waals surface area contributed by atoms with Gasteiger partial charge < -0.3 is 25.8 Å². The molecule has 0 fully saturated rings. The number of carbonyl (C=O) groups excluding carboxylic acids is 1. The Balaban J connectivity index is 0.00000900. The van der Waals surface area contributed by atoms with Crippen molar-refractivity contribution in [2.75, 3.05) is 26.2 Å². The van der Waals surface area contributed by atoms with Crippen molar-refractivity contribution in [3.63, 3.8) is 0 Å². The van der Waals surface area contributed by atoms with Gasteiger partial charge in [-0.15, -0.1) is 37.1 Å². The number of benzene rings is 1. The highest BCUT2D eigenvalue weighted by molar-refractivity contribution is 14.0. The van der Waals surface area contributed by atoms with Gasteiger partial charge in [-0.3, -0.25) is 4.79 Å². The van der Waals surface area contributed by atoms with E-state index < -0.39 is 6.36 Å². The average Bonchev–Trinajstić information content (AvgIpc) is 2.61. The maximum Gasteiger partial charge on any atom is 0.573 e. The first-order valence-electron chi connectivity index (χ1n) is 9.70. The summed E-state index contributed by atoms with van der Waals surface area (Å²) in [4.78, 5) is 16.2. The molecule has 11 heteroatoms. The van der Waals surface area contributed by atoms with E-state index in [9.17, 15) is 23.1 Å². The minimum absolute atomic E-state index is 0. The average molecular weight is 560 g/mol. The number of carbonyl (C=O) groups is 1. The van der Waals surface area contributed by atoms with E-state index in [4.69, 9.17) is 0 Å². The quantitative estimate of drug-likeness (QED) is 0.212. The van der Waals surface area contributed by atoms with Gasteiger partial charge in [-0.1, -0.05) is 12.1 Å². The minimum atomic E-state index is -4.73. The van der Waals surface area contributed by atoms with E-state index in [1.807, 2.05) is 27.7 Å². The number of halogens is 4. The van der Waals surface area contributed by atoms with Crippen molar-refractivity contribution in [3.8, 4) is 5.75 Å². The van der Waals surface area contributed by atoms with Gasteiger partial charge in [0, 0.05) is 31.2 Å².